The van der Waals surface area contributed by atoms with Crippen LogP contribution in [0.4, 0.5) is 5.69 Å². The Morgan fingerprint density at radius 3 is 2.43 bits per heavy atom. The number of carbonyl (C=O) groups is 2. The van der Waals surface area contributed by atoms with E-state index in [4.69, 9.17) is 9.84 Å². The molecule has 0 saturated heterocycles. The number of nitrogens with one attached hydrogen (secondary N) is 1. The molecule has 0 spiro atoms. The zero-order chi connectivity index (χ0) is 16.0. The summed E-state index contributed by atoms with van der Waals surface area (Å²) in [4.78, 5) is 23.0. The standard InChI is InChI=1S/C16H23NO4/c1-10(2)5-8-15(18)17-13-9-12(16(19)20)6-7-14(13)21-11(3)4/h6-7,9-11H,5,8H2,1-4H3,(H,17,18)(H,19,20). The molecule has 21 heavy (non-hydrogen) atoms. The molecule has 5 nitrogen and oxygen atoms in total. The normalized spacial score (nSPS) is 10.8. The number of anilines is 1. The lowest BCUT2D eigenvalue weighted by Gasteiger charge is -2.16. The summed E-state index contributed by atoms with van der Waals surface area (Å²) in [6.07, 6.45) is 1.12. The van der Waals surface area contributed by atoms with Crippen LogP contribution in [0.2, 0.25) is 0 Å². The third kappa shape index (κ3) is 5.85. The highest BCUT2D eigenvalue weighted by atomic mass is 16.5. The molecule has 5 heteroatoms. The van der Waals surface area contributed by atoms with Crippen molar-refractivity contribution in [3.05, 3.63) is 23.8 Å². The highest BCUT2D eigenvalue weighted by molar-refractivity contribution is 5.95. The van der Waals surface area contributed by atoms with Crippen molar-refractivity contribution in [2.45, 2.75) is 46.6 Å². The van der Waals surface area contributed by atoms with Gasteiger partial charge in [0.25, 0.3) is 0 Å². The van der Waals surface area contributed by atoms with Crippen LogP contribution in [0.1, 0.15) is 50.9 Å². The Bertz CT molecular complexity index is 509. The molecule has 0 atom stereocenters. The van der Waals surface area contributed by atoms with Crippen LogP contribution in [0, 0.1) is 5.92 Å². The Balaban J connectivity index is 2.91. The molecule has 1 aromatic carbocycles. The smallest absolute Gasteiger partial charge is 0.335 e. The maximum Gasteiger partial charge on any atom is 0.335 e. The van der Waals surface area contributed by atoms with E-state index in [-0.39, 0.29) is 17.6 Å². The van der Waals surface area contributed by atoms with Crippen molar-refractivity contribution in [3.63, 3.8) is 0 Å². The first-order chi connectivity index (χ1) is 9.79. The van der Waals surface area contributed by atoms with Crippen LogP contribution in [0.25, 0.3) is 0 Å². The monoisotopic (exact) mass is 293 g/mol. The van der Waals surface area contributed by atoms with Crippen molar-refractivity contribution in [1.82, 2.24) is 0 Å². The molecule has 116 valence electrons. The predicted octanol–water partition coefficient (Wildman–Crippen LogP) is 3.55. The highest BCUT2D eigenvalue weighted by Gasteiger charge is 2.13. The highest BCUT2D eigenvalue weighted by Crippen LogP contribution is 2.27. The van der Waals surface area contributed by atoms with Crippen molar-refractivity contribution in [3.8, 4) is 5.75 Å². The summed E-state index contributed by atoms with van der Waals surface area (Å²) in [5.41, 5.74) is 0.516. The first-order valence-electron chi connectivity index (χ1n) is 7.13. The Morgan fingerprint density at radius 1 is 1.24 bits per heavy atom. The van der Waals surface area contributed by atoms with Gasteiger partial charge in [-0.25, -0.2) is 4.79 Å². The number of carboxylic acids is 1. The average molecular weight is 293 g/mol. The number of rotatable bonds is 7. The van der Waals surface area contributed by atoms with Gasteiger partial charge in [-0.15, -0.1) is 0 Å². The lowest BCUT2D eigenvalue weighted by molar-refractivity contribution is -0.116. The topological polar surface area (TPSA) is 75.6 Å². The van der Waals surface area contributed by atoms with Crippen molar-refractivity contribution in [1.29, 1.82) is 0 Å². The summed E-state index contributed by atoms with van der Waals surface area (Å²) in [5, 5.41) is 11.8. The van der Waals surface area contributed by atoms with Gasteiger partial charge in [-0.2, -0.15) is 0 Å². The van der Waals surface area contributed by atoms with Gasteiger partial charge < -0.3 is 15.2 Å². The predicted molar refractivity (Wildman–Crippen MR) is 81.9 cm³/mol. The van der Waals surface area contributed by atoms with Gasteiger partial charge in [-0.05, 0) is 44.4 Å². The Morgan fingerprint density at radius 2 is 1.90 bits per heavy atom. The maximum atomic E-state index is 11.9. The minimum Gasteiger partial charge on any atom is -0.489 e. The van der Waals surface area contributed by atoms with E-state index in [1.165, 1.54) is 12.1 Å². The van der Waals surface area contributed by atoms with Gasteiger partial charge in [0.1, 0.15) is 5.75 Å². The lowest BCUT2D eigenvalue weighted by atomic mass is 10.1. The molecule has 1 amide bonds. The fourth-order valence-corrected chi connectivity index (χ4v) is 1.75. The molecule has 0 bridgehead atoms. The first kappa shape index (κ1) is 17.0. The van der Waals surface area contributed by atoms with Crippen molar-refractivity contribution < 1.29 is 19.4 Å². The van der Waals surface area contributed by atoms with Crippen LogP contribution in [-0.4, -0.2) is 23.1 Å². The van der Waals surface area contributed by atoms with Crippen LogP contribution >= 0.6 is 0 Å². The minimum absolute atomic E-state index is 0.0630. The number of ether oxygens (including phenoxy) is 1. The Kier molecular flexibility index (Phi) is 6.21. The summed E-state index contributed by atoms with van der Waals surface area (Å²) in [6, 6.07) is 4.46. The van der Waals surface area contributed by atoms with Gasteiger partial charge in [0.15, 0.2) is 0 Å². The van der Waals surface area contributed by atoms with Crippen molar-refractivity contribution in [2.24, 2.45) is 5.92 Å². The van der Waals surface area contributed by atoms with Crippen LogP contribution in [-0.2, 0) is 4.79 Å². The Labute approximate surface area is 125 Å². The molecule has 0 saturated carbocycles. The van der Waals surface area contributed by atoms with Crippen LogP contribution in [0.3, 0.4) is 0 Å². The third-order valence-corrected chi connectivity index (χ3v) is 2.81. The van der Waals surface area contributed by atoms with Crippen molar-refractivity contribution >= 4 is 17.6 Å². The van der Waals surface area contributed by atoms with Crippen LogP contribution in [0.5, 0.6) is 5.75 Å². The number of hydrogen-bond donors (Lipinski definition) is 2. The summed E-state index contributed by atoms with van der Waals surface area (Å²) in [6.45, 7) is 7.84. The molecular formula is C16H23NO4. The van der Waals surface area contributed by atoms with Gasteiger partial charge >= 0.3 is 5.97 Å². The van der Waals surface area contributed by atoms with Crippen LogP contribution in [0.15, 0.2) is 18.2 Å². The number of benzene rings is 1. The zero-order valence-corrected chi connectivity index (χ0v) is 13.0. The second kappa shape index (κ2) is 7.67. The minimum atomic E-state index is -1.04. The maximum absolute atomic E-state index is 11.9. The fraction of sp³-hybridized carbons (Fsp3) is 0.500. The van der Waals surface area contributed by atoms with E-state index in [0.717, 1.165) is 6.42 Å². The fourth-order valence-electron chi connectivity index (χ4n) is 1.75. The molecule has 0 aliphatic rings. The quantitative estimate of drug-likeness (QED) is 0.806. The molecule has 1 aromatic rings. The average Bonchev–Trinajstić information content (AvgIpc) is 2.37. The Hall–Kier alpha value is -2.04. The van der Waals surface area contributed by atoms with Gasteiger partial charge in [-0.3, -0.25) is 4.79 Å². The number of amides is 1. The molecule has 0 heterocycles. The van der Waals surface area contributed by atoms with E-state index in [9.17, 15) is 9.59 Å². The third-order valence-electron chi connectivity index (χ3n) is 2.81. The summed E-state index contributed by atoms with van der Waals surface area (Å²) < 4.78 is 5.60. The number of carbonyl (C=O) groups excluding carboxylic acids is 1. The second-order valence-electron chi connectivity index (χ2n) is 5.66. The lowest BCUT2D eigenvalue weighted by Crippen LogP contribution is -2.15. The second-order valence-corrected chi connectivity index (χ2v) is 5.66. The molecule has 0 aromatic heterocycles. The summed E-state index contributed by atoms with van der Waals surface area (Å²) in [5.74, 6) is -0.260. The van der Waals surface area contributed by atoms with Gasteiger partial charge in [0.2, 0.25) is 5.91 Å². The largest absolute Gasteiger partial charge is 0.489 e. The molecule has 0 radical (unpaired) electrons. The molecule has 0 unspecified atom stereocenters. The van der Waals surface area contributed by atoms with E-state index in [1.807, 2.05) is 27.7 Å². The molecule has 1 rings (SSSR count). The van der Waals surface area contributed by atoms with Gasteiger partial charge in [-0.1, -0.05) is 13.8 Å². The summed E-state index contributed by atoms with van der Waals surface area (Å²) in [7, 11) is 0. The molecule has 0 fully saturated rings. The number of aromatic carboxylic acids is 1. The molecule has 0 aliphatic heterocycles. The molecular weight excluding hydrogens is 270 g/mol. The SMILES string of the molecule is CC(C)CCC(=O)Nc1cc(C(=O)O)ccc1OC(C)C. The summed E-state index contributed by atoms with van der Waals surface area (Å²) >= 11 is 0. The van der Waals surface area contributed by atoms with Crippen molar-refractivity contribution in [2.75, 3.05) is 5.32 Å². The molecule has 0 aliphatic carbocycles. The van der Waals surface area contributed by atoms with E-state index < -0.39 is 5.97 Å². The van der Waals surface area contributed by atoms with E-state index in [2.05, 4.69) is 5.32 Å². The number of carboxylic acid groups (broad SMARTS) is 1. The first-order valence-corrected chi connectivity index (χ1v) is 7.13. The van der Waals surface area contributed by atoms with Gasteiger partial charge in [0.05, 0.1) is 17.4 Å². The zero-order valence-electron chi connectivity index (χ0n) is 13.0. The van der Waals surface area contributed by atoms with E-state index in [0.29, 0.717) is 23.8 Å². The van der Waals surface area contributed by atoms with E-state index in [1.54, 1.807) is 6.07 Å². The molecule has 2 N–H and O–H groups in total. The van der Waals surface area contributed by atoms with Gasteiger partial charge in [0, 0.05) is 6.42 Å². The van der Waals surface area contributed by atoms with E-state index >= 15 is 0 Å². The van der Waals surface area contributed by atoms with Crippen LogP contribution < -0.4 is 10.1 Å². The number of hydrogen-bond acceptors (Lipinski definition) is 3.